The first-order valence-corrected chi connectivity index (χ1v) is 5.44. The van der Waals surface area contributed by atoms with E-state index in [1.807, 2.05) is 0 Å². The van der Waals surface area contributed by atoms with Gasteiger partial charge in [-0.2, -0.15) is 4.39 Å². The lowest BCUT2D eigenvalue weighted by Gasteiger charge is -2.23. The van der Waals surface area contributed by atoms with Gasteiger partial charge in [0, 0.05) is 6.54 Å². The van der Waals surface area contributed by atoms with Crippen LogP contribution in [0.15, 0.2) is 18.2 Å². The molecular formula is C11H11FN2O4. The van der Waals surface area contributed by atoms with E-state index in [0.29, 0.717) is 19.4 Å². The highest BCUT2D eigenvalue weighted by Crippen LogP contribution is 2.35. The monoisotopic (exact) mass is 254 g/mol. The maximum Gasteiger partial charge on any atom is 0.327 e. The summed E-state index contributed by atoms with van der Waals surface area (Å²) in [5.41, 5.74) is -0.629. The number of nitrogens with zero attached hydrogens (tertiary/aromatic N) is 2. The van der Waals surface area contributed by atoms with E-state index in [1.165, 1.54) is 17.0 Å². The van der Waals surface area contributed by atoms with Gasteiger partial charge in [-0.15, -0.1) is 0 Å². The molecule has 6 nitrogen and oxygen atoms in total. The zero-order valence-corrected chi connectivity index (χ0v) is 9.38. The van der Waals surface area contributed by atoms with Gasteiger partial charge in [-0.1, -0.05) is 6.07 Å². The number of carboxylic acids is 1. The van der Waals surface area contributed by atoms with Gasteiger partial charge in [-0.25, -0.2) is 4.79 Å². The lowest BCUT2D eigenvalue weighted by atomic mass is 10.2. The lowest BCUT2D eigenvalue weighted by molar-refractivity contribution is -0.386. The molecule has 7 heteroatoms. The molecule has 1 aliphatic heterocycles. The predicted molar refractivity (Wildman–Crippen MR) is 61.1 cm³/mol. The van der Waals surface area contributed by atoms with E-state index >= 15 is 0 Å². The van der Waals surface area contributed by atoms with Crippen LogP contribution in [0.3, 0.4) is 0 Å². The molecule has 1 N–H and O–H groups in total. The second-order valence-electron chi connectivity index (χ2n) is 4.05. The number of hydrogen-bond donors (Lipinski definition) is 1. The zero-order chi connectivity index (χ0) is 13.3. The Morgan fingerprint density at radius 3 is 2.89 bits per heavy atom. The van der Waals surface area contributed by atoms with E-state index in [4.69, 9.17) is 5.11 Å². The number of halogens is 1. The van der Waals surface area contributed by atoms with Gasteiger partial charge in [-0.3, -0.25) is 10.1 Å². The summed E-state index contributed by atoms with van der Waals surface area (Å²) in [5.74, 6) is -2.00. The van der Waals surface area contributed by atoms with Crippen molar-refractivity contribution in [2.45, 2.75) is 18.9 Å². The third kappa shape index (κ3) is 1.99. The molecular weight excluding hydrogens is 243 g/mol. The summed E-state index contributed by atoms with van der Waals surface area (Å²) in [6.45, 7) is 0.376. The third-order valence-corrected chi connectivity index (χ3v) is 3.00. The Balaban J connectivity index is 2.48. The number of hydrogen-bond acceptors (Lipinski definition) is 4. The van der Waals surface area contributed by atoms with E-state index < -0.39 is 28.4 Å². The van der Waals surface area contributed by atoms with Crippen molar-refractivity contribution in [1.82, 2.24) is 0 Å². The van der Waals surface area contributed by atoms with Crippen LogP contribution in [-0.2, 0) is 4.79 Å². The fourth-order valence-corrected chi connectivity index (χ4v) is 2.23. The first kappa shape index (κ1) is 12.3. The molecule has 96 valence electrons. The molecule has 0 radical (unpaired) electrons. The van der Waals surface area contributed by atoms with Crippen LogP contribution in [0.5, 0.6) is 0 Å². The molecule has 1 saturated heterocycles. The molecule has 0 spiro atoms. The van der Waals surface area contributed by atoms with Crippen LogP contribution < -0.4 is 4.90 Å². The number of rotatable bonds is 3. The van der Waals surface area contributed by atoms with Crippen LogP contribution in [0.4, 0.5) is 15.8 Å². The molecule has 1 aromatic carbocycles. The van der Waals surface area contributed by atoms with Crippen molar-refractivity contribution in [3.05, 3.63) is 34.1 Å². The minimum absolute atomic E-state index is 0.0323. The Kier molecular flexibility index (Phi) is 3.14. The van der Waals surface area contributed by atoms with Crippen LogP contribution in [0.2, 0.25) is 0 Å². The molecule has 1 atom stereocenters. The van der Waals surface area contributed by atoms with Crippen molar-refractivity contribution in [2.24, 2.45) is 0 Å². The maximum atomic E-state index is 13.5. The Bertz CT molecular complexity index is 506. The van der Waals surface area contributed by atoms with Gasteiger partial charge in [0.25, 0.3) is 0 Å². The van der Waals surface area contributed by atoms with E-state index in [2.05, 4.69) is 0 Å². The number of aliphatic carboxylic acids is 1. The van der Waals surface area contributed by atoms with Gasteiger partial charge in [0.15, 0.2) is 0 Å². The molecule has 1 aromatic rings. The van der Waals surface area contributed by atoms with Crippen LogP contribution in [0.25, 0.3) is 0 Å². The summed E-state index contributed by atoms with van der Waals surface area (Å²) in [6.07, 6.45) is 1.02. The topological polar surface area (TPSA) is 83.7 Å². The fourth-order valence-electron chi connectivity index (χ4n) is 2.23. The molecule has 1 fully saturated rings. The quantitative estimate of drug-likeness (QED) is 0.656. The van der Waals surface area contributed by atoms with Crippen LogP contribution in [-0.4, -0.2) is 28.6 Å². The molecule has 0 bridgehead atoms. The van der Waals surface area contributed by atoms with E-state index in [-0.39, 0.29) is 5.69 Å². The van der Waals surface area contributed by atoms with Crippen LogP contribution >= 0.6 is 0 Å². The van der Waals surface area contributed by atoms with Crippen molar-refractivity contribution >= 4 is 17.3 Å². The Hall–Kier alpha value is -2.18. The summed E-state index contributed by atoms with van der Waals surface area (Å²) in [4.78, 5) is 22.5. The molecule has 0 saturated carbocycles. The van der Waals surface area contributed by atoms with E-state index in [9.17, 15) is 19.3 Å². The minimum Gasteiger partial charge on any atom is -0.480 e. The zero-order valence-electron chi connectivity index (χ0n) is 9.38. The molecule has 1 heterocycles. The van der Waals surface area contributed by atoms with Gasteiger partial charge in [-0.05, 0) is 25.0 Å². The SMILES string of the molecule is O=C(O)[C@H]1CCCN1c1cccc(F)c1[N+](=O)[O-]. The Labute approximate surface area is 102 Å². The summed E-state index contributed by atoms with van der Waals surface area (Å²) in [5, 5.41) is 19.9. The lowest BCUT2D eigenvalue weighted by Crippen LogP contribution is -2.36. The first-order valence-electron chi connectivity index (χ1n) is 5.44. The van der Waals surface area contributed by atoms with E-state index in [1.54, 1.807) is 0 Å². The standard InChI is InChI=1S/C11H11FN2O4/c12-7-3-1-4-8(10(7)14(17)18)13-6-2-5-9(13)11(15)16/h1,3-4,9H,2,5-6H2,(H,15,16)/t9-/m1/s1. The number of benzene rings is 1. The van der Waals surface area contributed by atoms with Crippen molar-refractivity contribution in [3.63, 3.8) is 0 Å². The summed E-state index contributed by atoms with van der Waals surface area (Å²) in [6, 6.07) is 2.88. The number of anilines is 1. The average molecular weight is 254 g/mol. The van der Waals surface area contributed by atoms with Gasteiger partial charge in [0.2, 0.25) is 5.82 Å². The first-order chi connectivity index (χ1) is 8.52. The van der Waals surface area contributed by atoms with Crippen molar-refractivity contribution in [3.8, 4) is 0 Å². The average Bonchev–Trinajstić information content (AvgIpc) is 2.76. The minimum atomic E-state index is -1.05. The second-order valence-corrected chi connectivity index (χ2v) is 4.05. The maximum absolute atomic E-state index is 13.5. The Morgan fingerprint density at radius 1 is 1.56 bits per heavy atom. The fraction of sp³-hybridized carbons (Fsp3) is 0.364. The molecule has 18 heavy (non-hydrogen) atoms. The molecule has 2 rings (SSSR count). The molecule has 0 aliphatic carbocycles. The largest absolute Gasteiger partial charge is 0.480 e. The molecule has 1 aliphatic rings. The van der Waals surface area contributed by atoms with E-state index in [0.717, 1.165) is 6.07 Å². The number of nitro groups is 1. The Morgan fingerprint density at radius 2 is 2.28 bits per heavy atom. The highest BCUT2D eigenvalue weighted by Gasteiger charge is 2.35. The smallest absolute Gasteiger partial charge is 0.327 e. The van der Waals surface area contributed by atoms with Gasteiger partial charge >= 0.3 is 11.7 Å². The van der Waals surface area contributed by atoms with Crippen LogP contribution in [0, 0.1) is 15.9 Å². The van der Waals surface area contributed by atoms with Crippen molar-refractivity contribution in [1.29, 1.82) is 0 Å². The number of carboxylic acid groups (broad SMARTS) is 1. The normalized spacial score (nSPS) is 18.9. The number of nitro benzene ring substituents is 1. The molecule has 0 amide bonds. The van der Waals surface area contributed by atoms with Crippen molar-refractivity contribution in [2.75, 3.05) is 11.4 Å². The predicted octanol–water partition coefficient (Wildman–Crippen LogP) is 1.79. The van der Waals surface area contributed by atoms with Gasteiger partial charge < -0.3 is 10.0 Å². The molecule has 0 aromatic heterocycles. The third-order valence-electron chi connectivity index (χ3n) is 3.00. The van der Waals surface area contributed by atoms with Gasteiger partial charge in [0.05, 0.1) is 4.92 Å². The number of para-hydroxylation sites is 1. The summed E-state index contributed by atoms with van der Waals surface area (Å²) in [7, 11) is 0. The summed E-state index contributed by atoms with van der Waals surface area (Å²) >= 11 is 0. The number of carbonyl (C=O) groups is 1. The highest BCUT2D eigenvalue weighted by atomic mass is 19.1. The second kappa shape index (κ2) is 4.59. The van der Waals surface area contributed by atoms with Crippen LogP contribution in [0.1, 0.15) is 12.8 Å². The summed E-state index contributed by atoms with van der Waals surface area (Å²) < 4.78 is 13.5. The molecule has 0 unspecified atom stereocenters. The van der Waals surface area contributed by atoms with Crippen molar-refractivity contribution < 1.29 is 19.2 Å². The van der Waals surface area contributed by atoms with Gasteiger partial charge in [0.1, 0.15) is 11.7 Å². The highest BCUT2D eigenvalue weighted by molar-refractivity contribution is 5.81.